The first-order chi connectivity index (χ1) is 7.65. The second kappa shape index (κ2) is 7.51. The van der Waals surface area contributed by atoms with Crippen LogP contribution >= 0.6 is 43.5 Å². The van der Waals surface area contributed by atoms with Crippen molar-refractivity contribution in [2.24, 2.45) is 0 Å². The van der Waals surface area contributed by atoms with Crippen molar-refractivity contribution in [3.63, 3.8) is 0 Å². The molecular weight excluding hydrogens is 357 g/mol. The van der Waals surface area contributed by atoms with Crippen LogP contribution in [-0.4, -0.2) is 10.4 Å². The second-order valence-corrected chi connectivity index (χ2v) is 5.76. The van der Waals surface area contributed by atoms with Crippen LogP contribution in [0.3, 0.4) is 0 Å². The highest BCUT2D eigenvalue weighted by atomic mass is 79.9. The van der Waals surface area contributed by atoms with Crippen molar-refractivity contribution >= 4 is 43.5 Å². The molecule has 0 aliphatic heterocycles. The van der Waals surface area contributed by atoms with E-state index in [1.165, 1.54) is 0 Å². The SMILES string of the molecule is O=c1c(Br)cc(Br)cn1CCCCCCCl. The minimum Gasteiger partial charge on any atom is -0.313 e. The fraction of sp³-hybridized carbons (Fsp3) is 0.545. The van der Waals surface area contributed by atoms with E-state index in [4.69, 9.17) is 11.6 Å². The first kappa shape index (κ1) is 14.3. The third-order valence-corrected chi connectivity index (χ3v) is 3.56. The summed E-state index contributed by atoms with van der Waals surface area (Å²) in [6, 6.07) is 1.77. The highest BCUT2D eigenvalue weighted by Crippen LogP contribution is 2.13. The number of hydrogen-bond acceptors (Lipinski definition) is 1. The van der Waals surface area contributed by atoms with Gasteiger partial charge in [0, 0.05) is 23.1 Å². The van der Waals surface area contributed by atoms with E-state index in [1.54, 1.807) is 10.6 Å². The van der Waals surface area contributed by atoms with Gasteiger partial charge in [0.25, 0.3) is 5.56 Å². The molecule has 1 aromatic rings. The van der Waals surface area contributed by atoms with Gasteiger partial charge in [-0.05, 0) is 50.8 Å². The number of unbranched alkanes of at least 4 members (excludes halogenated alkanes) is 3. The largest absolute Gasteiger partial charge is 0.313 e. The molecule has 5 heteroatoms. The molecule has 0 aromatic carbocycles. The summed E-state index contributed by atoms with van der Waals surface area (Å²) in [5, 5.41) is 0. The van der Waals surface area contributed by atoms with E-state index in [9.17, 15) is 4.79 Å². The van der Waals surface area contributed by atoms with Gasteiger partial charge in [-0.1, -0.05) is 12.8 Å². The maximum absolute atomic E-state index is 11.7. The maximum Gasteiger partial charge on any atom is 0.264 e. The molecule has 1 heterocycles. The molecule has 0 spiro atoms. The van der Waals surface area contributed by atoms with Gasteiger partial charge < -0.3 is 4.57 Å². The zero-order valence-corrected chi connectivity index (χ0v) is 12.8. The molecule has 0 unspecified atom stereocenters. The van der Waals surface area contributed by atoms with Crippen LogP contribution in [0.2, 0.25) is 0 Å². The Bertz CT molecular complexity index is 392. The summed E-state index contributed by atoms with van der Waals surface area (Å²) < 4.78 is 3.25. The van der Waals surface area contributed by atoms with Gasteiger partial charge in [-0.15, -0.1) is 11.6 Å². The van der Waals surface area contributed by atoms with Crippen LogP contribution in [0, 0.1) is 0 Å². The van der Waals surface area contributed by atoms with E-state index >= 15 is 0 Å². The average molecular weight is 372 g/mol. The number of rotatable bonds is 6. The van der Waals surface area contributed by atoms with Gasteiger partial charge in [0.1, 0.15) is 0 Å². The molecule has 0 amide bonds. The molecule has 0 atom stereocenters. The molecular formula is C11H14Br2ClNO. The number of pyridine rings is 1. The summed E-state index contributed by atoms with van der Waals surface area (Å²) >= 11 is 12.2. The van der Waals surface area contributed by atoms with Crippen molar-refractivity contribution in [2.75, 3.05) is 5.88 Å². The molecule has 2 nitrogen and oxygen atoms in total. The van der Waals surface area contributed by atoms with Gasteiger partial charge in [-0.3, -0.25) is 4.79 Å². The zero-order valence-electron chi connectivity index (χ0n) is 8.89. The number of aromatic nitrogens is 1. The van der Waals surface area contributed by atoms with Crippen molar-refractivity contribution in [3.8, 4) is 0 Å². The molecule has 16 heavy (non-hydrogen) atoms. The van der Waals surface area contributed by atoms with Crippen molar-refractivity contribution in [2.45, 2.75) is 32.2 Å². The Hall–Kier alpha value is 0.200. The molecule has 0 bridgehead atoms. The summed E-state index contributed by atoms with van der Waals surface area (Å²) in [7, 11) is 0. The Morgan fingerprint density at radius 2 is 1.88 bits per heavy atom. The lowest BCUT2D eigenvalue weighted by Gasteiger charge is -2.06. The summed E-state index contributed by atoms with van der Waals surface area (Å²) in [5.74, 6) is 0.725. The third kappa shape index (κ3) is 4.60. The topological polar surface area (TPSA) is 22.0 Å². The number of halogens is 3. The Morgan fingerprint density at radius 3 is 2.56 bits per heavy atom. The predicted octanol–water partition coefficient (Wildman–Crippen LogP) is 4.17. The highest BCUT2D eigenvalue weighted by molar-refractivity contribution is 9.11. The van der Waals surface area contributed by atoms with E-state index in [-0.39, 0.29) is 5.56 Å². The lowest BCUT2D eigenvalue weighted by Crippen LogP contribution is -2.20. The van der Waals surface area contributed by atoms with E-state index in [0.717, 1.165) is 42.6 Å². The summed E-state index contributed by atoms with van der Waals surface area (Å²) in [5.41, 5.74) is 0.0283. The Kier molecular flexibility index (Phi) is 6.70. The lowest BCUT2D eigenvalue weighted by atomic mass is 10.2. The highest BCUT2D eigenvalue weighted by Gasteiger charge is 2.02. The summed E-state index contributed by atoms with van der Waals surface area (Å²) in [6.45, 7) is 0.763. The van der Waals surface area contributed by atoms with E-state index in [0.29, 0.717) is 4.47 Å². The third-order valence-electron chi connectivity index (χ3n) is 2.29. The molecule has 0 saturated heterocycles. The van der Waals surface area contributed by atoms with Crippen LogP contribution in [-0.2, 0) is 6.54 Å². The Balaban J connectivity index is 2.51. The van der Waals surface area contributed by atoms with Crippen LogP contribution in [0.1, 0.15) is 25.7 Å². The summed E-state index contributed by atoms with van der Waals surface area (Å²) in [4.78, 5) is 11.7. The van der Waals surface area contributed by atoms with Crippen LogP contribution in [0.4, 0.5) is 0 Å². The Morgan fingerprint density at radius 1 is 1.19 bits per heavy atom. The van der Waals surface area contributed by atoms with Crippen molar-refractivity contribution in [3.05, 3.63) is 31.6 Å². The molecule has 0 saturated carbocycles. The van der Waals surface area contributed by atoms with Gasteiger partial charge in [0.05, 0.1) is 4.47 Å². The first-order valence-corrected chi connectivity index (χ1v) is 7.38. The molecule has 0 N–H and O–H groups in total. The monoisotopic (exact) mass is 369 g/mol. The zero-order chi connectivity index (χ0) is 12.0. The minimum absolute atomic E-state index is 0.0283. The number of nitrogens with zero attached hydrogens (tertiary/aromatic N) is 1. The standard InChI is InChI=1S/C11H14Br2ClNO/c12-9-7-10(13)11(16)15(8-9)6-4-2-1-3-5-14/h7-8H,1-6H2. The van der Waals surface area contributed by atoms with E-state index in [1.807, 2.05) is 6.20 Å². The summed E-state index contributed by atoms with van der Waals surface area (Å²) in [6.07, 6.45) is 6.14. The van der Waals surface area contributed by atoms with Crippen LogP contribution in [0.25, 0.3) is 0 Å². The van der Waals surface area contributed by atoms with E-state index in [2.05, 4.69) is 31.9 Å². The van der Waals surface area contributed by atoms with Crippen LogP contribution in [0.15, 0.2) is 26.0 Å². The second-order valence-electron chi connectivity index (χ2n) is 3.61. The molecule has 0 aliphatic rings. The van der Waals surface area contributed by atoms with E-state index < -0.39 is 0 Å². The van der Waals surface area contributed by atoms with Crippen LogP contribution in [0.5, 0.6) is 0 Å². The van der Waals surface area contributed by atoms with Gasteiger partial charge in [-0.25, -0.2) is 0 Å². The smallest absolute Gasteiger partial charge is 0.264 e. The molecule has 90 valence electrons. The number of alkyl halides is 1. The molecule has 0 fully saturated rings. The lowest BCUT2D eigenvalue weighted by molar-refractivity contribution is 0.569. The Labute approximate surface area is 117 Å². The van der Waals surface area contributed by atoms with Crippen molar-refractivity contribution in [1.29, 1.82) is 0 Å². The first-order valence-electron chi connectivity index (χ1n) is 5.26. The number of hydrogen-bond donors (Lipinski definition) is 0. The molecule has 1 aromatic heterocycles. The normalized spacial score (nSPS) is 10.7. The molecule has 1 rings (SSSR count). The fourth-order valence-electron chi connectivity index (χ4n) is 1.46. The van der Waals surface area contributed by atoms with Crippen LogP contribution < -0.4 is 5.56 Å². The fourth-order valence-corrected chi connectivity index (χ4v) is 2.91. The quantitative estimate of drug-likeness (QED) is 0.543. The molecule has 0 radical (unpaired) electrons. The van der Waals surface area contributed by atoms with Gasteiger partial charge in [0.15, 0.2) is 0 Å². The van der Waals surface area contributed by atoms with Crippen molar-refractivity contribution < 1.29 is 0 Å². The minimum atomic E-state index is 0.0283. The van der Waals surface area contributed by atoms with Gasteiger partial charge in [0.2, 0.25) is 0 Å². The molecule has 0 aliphatic carbocycles. The predicted molar refractivity (Wildman–Crippen MR) is 75.3 cm³/mol. The van der Waals surface area contributed by atoms with Gasteiger partial charge >= 0.3 is 0 Å². The van der Waals surface area contributed by atoms with Gasteiger partial charge in [-0.2, -0.15) is 0 Å². The van der Waals surface area contributed by atoms with Crippen molar-refractivity contribution in [1.82, 2.24) is 4.57 Å². The average Bonchev–Trinajstić information content (AvgIpc) is 2.24. The maximum atomic E-state index is 11.7. The number of aryl methyl sites for hydroxylation is 1.